The van der Waals surface area contributed by atoms with E-state index in [0.29, 0.717) is 0 Å². The average Bonchev–Trinajstić information content (AvgIpc) is 2.47. The van der Waals surface area contributed by atoms with E-state index >= 15 is 0 Å². The van der Waals surface area contributed by atoms with Gasteiger partial charge in [0.2, 0.25) is 0 Å². The van der Waals surface area contributed by atoms with Crippen LogP contribution in [0.25, 0.3) is 6.08 Å². The predicted octanol–water partition coefficient (Wildman–Crippen LogP) is 0.746. The molecular weight excluding hydrogens is 340 g/mol. The number of thiocarbonyl (C=S) groups is 1. The van der Waals surface area contributed by atoms with Crippen LogP contribution in [-0.4, -0.2) is 41.3 Å². The molecule has 2 N–H and O–H groups in total. The first-order chi connectivity index (χ1) is 10.8. The summed E-state index contributed by atoms with van der Waals surface area (Å²) >= 11 is 4.91. The Kier molecular flexibility index (Phi) is 4.73. The van der Waals surface area contributed by atoms with E-state index in [0.717, 1.165) is 11.0 Å². The largest absolute Gasteiger partial charge is 0.298 e. The molecule has 1 aromatic carbocycles. The number of carbonyl (C=O) groups excluding carboxylic acids is 2. The fraction of sp³-hybridized carbons (Fsp3) is 0.0714. The molecule has 23 heavy (non-hydrogen) atoms. The lowest BCUT2D eigenvalue weighted by molar-refractivity contribution is -0.128. The number of nitrogens with zero attached hydrogens (tertiary/aromatic N) is 1. The second-order valence-electron chi connectivity index (χ2n) is 4.53. The highest BCUT2D eigenvalue weighted by atomic mass is 32.2. The summed E-state index contributed by atoms with van der Waals surface area (Å²) in [6, 6.07) is 5.45. The lowest BCUT2D eigenvalue weighted by Crippen LogP contribution is -2.53. The van der Waals surface area contributed by atoms with Crippen LogP contribution in [0.1, 0.15) is 5.56 Å². The van der Waals surface area contributed by atoms with Gasteiger partial charge >= 0.3 is 0 Å². The molecule has 0 aromatic heterocycles. The predicted molar refractivity (Wildman–Crippen MR) is 86.9 cm³/mol. The Bertz CT molecular complexity index is 842. The molecule has 0 saturated carbocycles. The van der Waals surface area contributed by atoms with E-state index in [9.17, 15) is 22.6 Å². The molecule has 1 aliphatic heterocycles. The summed E-state index contributed by atoms with van der Waals surface area (Å²) in [6.07, 6.45) is 2.53. The fourth-order valence-electron chi connectivity index (χ4n) is 1.98. The van der Waals surface area contributed by atoms with Crippen LogP contribution in [0.3, 0.4) is 0 Å². The maximum absolute atomic E-state index is 12.4. The van der Waals surface area contributed by atoms with Gasteiger partial charge in [0.15, 0.2) is 5.11 Å². The standard InChI is InChI=1S/C14H12N2O5S2/c1-2-7-16-13(18)10(12(17)15-14(16)22)8-9-5-3-4-6-11(9)23(19,20)21/h2-6,8H,1,7H2,(H,15,17,22)(H,19,20,21)/b10-8+. The minimum absolute atomic E-state index is 0.0138. The van der Waals surface area contributed by atoms with Crippen molar-refractivity contribution in [1.82, 2.24) is 10.2 Å². The zero-order chi connectivity index (χ0) is 17.2. The zero-order valence-electron chi connectivity index (χ0n) is 11.7. The van der Waals surface area contributed by atoms with Crippen LogP contribution in [-0.2, 0) is 19.7 Å². The number of nitrogens with one attached hydrogen (secondary N) is 1. The molecule has 120 valence electrons. The van der Waals surface area contributed by atoms with Crippen LogP contribution in [0.4, 0.5) is 0 Å². The number of amides is 2. The summed E-state index contributed by atoms with van der Waals surface area (Å²) in [6.45, 7) is 3.59. The van der Waals surface area contributed by atoms with Crippen molar-refractivity contribution in [3.8, 4) is 0 Å². The summed E-state index contributed by atoms with van der Waals surface area (Å²) < 4.78 is 32.0. The third-order valence-corrected chi connectivity index (χ3v) is 4.24. The first-order valence-corrected chi connectivity index (χ1v) is 8.17. The van der Waals surface area contributed by atoms with Gasteiger partial charge in [0.1, 0.15) is 10.5 Å². The van der Waals surface area contributed by atoms with Gasteiger partial charge in [-0.15, -0.1) is 6.58 Å². The van der Waals surface area contributed by atoms with Crippen molar-refractivity contribution in [3.05, 3.63) is 48.1 Å². The molecule has 0 atom stereocenters. The number of rotatable bonds is 4. The Balaban J connectivity index is 2.54. The van der Waals surface area contributed by atoms with Gasteiger partial charge in [-0.2, -0.15) is 8.42 Å². The summed E-state index contributed by atoms with van der Waals surface area (Å²) in [5.41, 5.74) is -0.281. The third kappa shape index (κ3) is 3.52. The molecule has 2 amide bonds. The molecule has 2 rings (SSSR count). The van der Waals surface area contributed by atoms with Crippen molar-refractivity contribution >= 4 is 45.3 Å². The Hall–Kier alpha value is -2.36. The lowest BCUT2D eigenvalue weighted by atomic mass is 10.1. The van der Waals surface area contributed by atoms with Gasteiger partial charge in [-0.1, -0.05) is 24.3 Å². The topological polar surface area (TPSA) is 104 Å². The summed E-state index contributed by atoms with van der Waals surface area (Å²) in [4.78, 5) is 25.0. The second kappa shape index (κ2) is 6.41. The summed E-state index contributed by atoms with van der Waals surface area (Å²) in [5.74, 6) is -1.42. The van der Waals surface area contributed by atoms with Crippen LogP contribution >= 0.6 is 12.2 Å². The molecule has 1 fully saturated rings. The van der Waals surface area contributed by atoms with Crippen molar-refractivity contribution in [2.45, 2.75) is 4.90 Å². The highest BCUT2D eigenvalue weighted by molar-refractivity contribution is 7.86. The maximum Gasteiger partial charge on any atom is 0.295 e. The first kappa shape index (κ1) is 17.0. The molecule has 0 radical (unpaired) electrons. The van der Waals surface area contributed by atoms with E-state index < -0.39 is 26.8 Å². The third-order valence-electron chi connectivity index (χ3n) is 2.99. The van der Waals surface area contributed by atoms with Crippen molar-refractivity contribution in [3.63, 3.8) is 0 Å². The van der Waals surface area contributed by atoms with E-state index in [4.69, 9.17) is 12.2 Å². The van der Waals surface area contributed by atoms with Crippen LogP contribution in [0, 0.1) is 0 Å². The molecule has 0 bridgehead atoms. The first-order valence-electron chi connectivity index (χ1n) is 6.32. The summed E-state index contributed by atoms with van der Waals surface area (Å²) in [7, 11) is -4.50. The zero-order valence-corrected chi connectivity index (χ0v) is 13.4. The van der Waals surface area contributed by atoms with E-state index in [-0.39, 0.29) is 22.8 Å². The van der Waals surface area contributed by atoms with Gasteiger partial charge in [-0.05, 0) is 29.9 Å². The smallest absolute Gasteiger partial charge is 0.295 e. The van der Waals surface area contributed by atoms with Crippen LogP contribution < -0.4 is 5.32 Å². The monoisotopic (exact) mass is 352 g/mol. The van der Waals surface area contributed by atoms with Gasteiger partial charge in [0, 0.05) is 6.54 Å². The van der Waals surface area contributed by atoms with Gasteiger partial charge in [0.05, 0.1) is 0 Å². The SMILES string of the molecule is C=CCN1C(=O)/C(=C/c2ccccc2S(=O)(=O)O)C(=O)NC1=S. The Labute approximate surface area is 138 Å². The highest BCUT2D eigenvalue weighted by Gasteiger charge is 2.33. The van der Waals surface area contributed by atoms with Crippen molar-refractivity contribution in [1.29, 1.82) is 0 Å². The molecule has 1 saturated heterocycles. The van der Waals surface area contributed by atoms with Gasteiger partial charge in [-0.25, -0.2) is 0 Å². The minimum Gasteiger partial charge on any atom is -0.298 e. The molecule has 1 heterocycles. The fourth-order valence-corrected chi connectivity index (χ4v) is 2.90. The lowest BCUT2D eigenvalue weighted by Gasteiger charge is -2.27. The minimum atomic E-state index is -4.50. The van der Waals surface area contributed by atoms with Gasteiger partial charge < -0.3 is 0 Å². The van der Waals surface area contributed by atoms with E-state index in [1.807, 2.05) is 0 Å². The highest BCUT2D eigenvalue weighted by Crippen LogP contribution is 2.20. The molecule has 7 nitrogen and oxygen atoms in total. The molecular formula is C14H12N2O5S2. The van der Waals surface area contributed by atoms with Crippen LogP contribution in [0.5, 0.6) is 0 Å². The number of carbonyl (C=O) groups is 2. The van der Waals surface area contributed by atoms with E-state index in [1.54, 1.807) is 0 Å². The Morgan fingerprint density at radius 2 is 1.96 bits per heavy atom. The van der Waals surface area contributed by atoms with Crippen molar-refractivity contribution < 1.29 is 22.6 Å². The average molecular weight is 352 g/mol. The van der Waals surface area contributed by atoms with Crippen molar-refractivity contribution in [2.75, 3.05) is 6.54 Å². The number of hydrogen-bond donors (Lipinski definition) is 2. The van der Waals surface area contributed by atoms with Gasteiger partial charge in [0.25, 0.3) is 21.9 Å². The molecule has 0 spiro atoms. The van der Waals surface area contributed by atoms with Crippen LogP contribution in [0.15, 0.2) is 47.4 Å². The molecule has 9 heteroatoms. The number of hydrogen-bond acceptors (Lipinski definition) is 5. The van der Waals surface area contributed by atoms with Crippen molar-refractivity contribution in [2.24, 2.45) is 0 Å². The molecule has 0 aliphatic carbocycles. The molecule has 1 aliphatic rings. The van der Waals surface area contributed by atoms with E-state index in [2.05, 4.69) is 11.9 Å². The van der Waals surface area contributed by atoms with Gasteiger partial charge in [-0.3, -0.25) is 24.4 Å². The van der Waals surface area contributed by atoms with Crippen LogP contribution in [0.2, 0.25) is 0 Å². The normalized spacial score (nSPS) is 17.3. The maximum atomic E-state index is 12.4. The summed E-state index contributed by atoms with van der Waals surface area (Å²) in [5, 5.41) is 2.29. The van der Waals surface area contributed by atoms with E-state index in [1.165, 1.54) is 30.3 Å². The Morgan fingerprint density at radius 1 is 1.30 bits per heavy atom. The molecule has 0 unspecified atom stereocenters. The second-order valence-corrected chi connectivity index (χ2v) is 6.31. The molecule has 1 aromatic rings. The number of benzene rings is 1. The quantitative estimate of drug-likeness (QED) is 0.272. The Morgan fingerprint density at radius 3 is 2.57 bits per heavy atom.